The van der Waals surface area contributed by atoms with Gasteiger partial charge in [0, 0.05) is 11.9 Å². The lowest BCUT2D eigenvalue weighted by molar-refractivity contribution is 0.0697. The van der Waals surface area contributed by atoms with Crippen LogP contribution in [0.5, 0.6) is 5.75 Å². The van der Waals surface area contributed by atoms with Crippen molar-refractivity contribution in [1.82, 2.24) is 0 Å². The Kier molecular flexibility index (Phi) is 3.43. The normalized spacial score (nSPS) is 16.5. The molecule has 0 atom stereocenters. The number of ether oxygens (including phenoxy) is 1. The van der Waals surface area contributed by atoms with Gasteiger partial charge in [-0.3, -0.25) is 4.31 Å². The minimum Gasteiger partial charge on any atom is -0.489 e. The zero-order valence-corrected chi connectivity index (χ0v) is 14.1. The third kappa shape index (κ3) is 2.23. The molecule has 0 saturated carbocycles. The van der Waals surface area contributed by atoms with E-state index in [1.54, 1.807) is 12.1 Å². The first-order valence-electron chi connectivity index (χ1n) is 7.34. The summed E-state index contributed by atoms with van der Waals surface area (Å²) in [6.07, 6.45) is 0. The van der Waals surface area contributed by atoms with E-state index in [4.69, 9.17) is 9.84 Å². The molecule has 4 rings (SSSR count). The monoisotopic (exact) mass is 366 g/mol. The number of thiophene rings is 1. The SMILES string of the molecule is O=C(O)c1csc(S(=O)(=O)N2CCN3CCOc4cccc2c43)c1. The Morgan fingerprint density at radius 2 is 2.08 bits per heavy atom. The van der Waals surface area contributed by atoms with Gasteiger partial charge in [-0.2, -0.15) is 0 Å². The Hall–Kier alpha value is -2.26. The third-order valence-corrected chi connectivity index (χ3v) is 7.35. The molecule has 0 amide bonds. The van der Waals surface area contributed by atoms with E-state index in [0.29, 0.717) is 31.1 Å². The number of aromatic carboxylic acids is 1. The molecule has 0 radical (unpaired) electrons. The number of hydrogen-bond acceptors (Lipinski definition) is 6. The summed E-state index contributed by atoms with van der Waals surface area (Å²) in [6, 6.07) is 6.56. The van der Waals surface area contributed by atoms with Crippen LogP contribution in [0.1, 0.15) is 10.4 Å². The molecule has 0 saturated heterocycles. The van der Waals surface area contributed by atoms with Gasteiger partial charge in [0.05, 0.1) is 24.3 Å². The molecule has 3 heterocycles. The predicted molar refractivity (Wildman–Crippen MR) is 90.0 cm³/mol. The number of carboxylic acid groups (broad SMARTS) is 1. The van der Waals surface area contributed by atoms with Crippen LogP contribution in [0, 0.1) is 0 Å². The summed E-state index contributed by atoms with van der Waals surface area (Å²) in [5, 5.41) is 10.4. The second-order valence-electron chi connectivity index (χ2n) is 5.50. The van der Waals surface area contributed by atoms with Gasteiger partial charge in [-0.05, 0) is 18.2 Å². The van der Waals surface area contributed by atoms with Crippen molar-refractivity contribution in [3.8, 4) is 5.75 Å². The molecule has 24 heavy (non-hydrogen) atoms. The Morgan fingerprint density at radius 3 is 2.83 bits per heavy atom. The van der Waals surface area contributed by atoms with E-state index in [1.807, 2.05) is 6.07 Å². The quantitative estimate of drug-likeness (QED) is 0.892. The van der Waals surface area contributed by atoms with Gasteiger partial charge in [0.1, 0.15) is 22.3 Å². The van der Waals surface area contributed by atoms with Crippen molar-refractivity contribution >= 4 is 38.7 Å². The smallest absolute Gasteiger partial charge is 0.336 e. The summed E-state index contributed by atoms with van der Waals surface area (Å²) in [5.41, 5.74) is 1.34. The van der Waals surface area contributed by atoms with Gasteiger partial charge in [-0.15, -0.1) is 11.3 Å². The third-order valence-electron chi connectivity index (χ3n) is 4.12. The Morgan fingerprint density at radius 1 is 1.25 bits per heavy atom. The van der Waals surface area contributed by atoms with Crippen LogP contribution in [-0.4, -0.2) is 45.7 Å². The fourth-order valence-corrected chi connectivity index (χ4v) is 5.73. The molecule has 1 aromatic heterocycles. The molecule has 0 unspecified atom stereocenters. The summed E-state index contributed by atoms with van der Waals surface area (Å²) in [7, 11) is -3.81. The van der Waals surface area contributed by atoms with Gasteiger partial charge < -0.3 is 14.7 Å². The predicted octanol–water partition coefficient (Wildman–Crippen LogP) is 1.85. The zero-order chi connectivity index (χ0) is 16.9. The van der Waals surface area contributed by atoms with Crippen molar-refractivity contribution in [3.63, 3.8) is 0 Å². The Bertz CT molecular complexity index is 922. The fourth-order valence-electron chi connectivity index (χ4n) is 3.00. The van der Waals surface area contributed by atoms with Gasteiger partial charge in [0.15, 0.2) is 0 Å². The minimum atomic E-state index is -3.81. The van der Waals surface area contributed by atoms with Crippen molar-refractivity contribution in [2.75, 3.05) is 35.4 Å². The first-order chi connectivity index (χ1) is 11.5. The van der Waals surface area contributed by atoms with E-state index in [2.05, 4.69) is 4.90 Å². The molecule has 0 aliphatic carbocycles. The van der Waals surface area contributed by atoms with Crippen LogP contribution in [0.2, 0.25) is 0 Å². The number of rotatable bonds is 3. The van der Waals surface area contributed by atoms with E-state index in [1.165, 1.54) is 15.8 Å². The van der Waals surface area contributed by atoms with Crippen molar-refractivity contribution in [2.45, 2.75) is 4.21 Å². The van der Waals surface area contributed by atoms with Crippen LogP contribution >= 0.6 is 11.3 Å². The first kappa shape index (κ1) is 15.3. The number of para-hydroxylation sites is 1. The number of anilines is 2. The summed E-state index contributed by atoms with van der Waals surface area (Å²) in [4.78, 5) is 13.1. The highest BCUT2D eigenvalue weighted by Gasteiger charge is 2.36. The van der Waals surface area contributed by atoms with Crippen molar-refractivity contribution in [1.29, 1.82) is 0 Å². The van der Waals surface area contributed by atoms with E-state index in [9.17, 15) is 13.2 Å². The number of sulfonamides is 1. The Labute approximate surface area is 142 Å². The highest BCUT2D eigenvalue weighted by Crippen LogP contribution is 2.44. The molecule has 0 fully saturated rings. The molecule has 7 nitrogen and oxygen atoms in total. The van der Waals surface area contributed by atoms with Crippen LogP contribution in [0.25, 0.3) is 0 Å². The standard InChI is InChI=1S/C15H14N2O5S2/c18-15(19)10-8-13(23-9-10)24(20,21)17-5-4-16-6-7-22-12-3-1-2-11(17)14(12)16/h1-3,8-9H,4-7H2,(H,18,19). The summed E-state index contributed by atoms with van der Waals surface area (Å²) in [6.45, 7) is 2.19. The molecule has 0 bridgehead atoms. The largest absolute Gasteiger partial charge is 0.489 e. The van der Waals surface area contributed by atoms with E-state index >= 15 is 0 Å². The average Bonchev–Trinajstić information content (AvgIpc) is 3.07. The lowest BCUT2D eigenvalue weighted by Gasteiger charge is -2.40. The topological polar surface area (TPSA) is 87.1 Å². The van der Waals surface area contributed by atoms with Crippen molar-refractivity contribution in [2.24, 2.45) is 0 Å². The van der Waals surface area contributed by atoms with Gasteiger partial charge in [0.2, 0.25) is 0 Å². The molecular formula is C15H14N2O5S2. The van der Waals surface area contributed by atoms with Gasteiger partial charge in [-0.25, -0.2) is 13.2 Å². The number of benzene rings is 1. The van der Waals surface area contributed by atoms with Crippen LogP contribution in [0.4, 0.5) is 11.4 Å². The van der Waals surface area contributed by atoms with Crippen LogP contribution < -0.4 is 13.9 Å². The lowest BCUT2D eigenvalue weighted by atomic mass is 10.1. The maximum Gasteiger partial charge on any atom is 0.336 e. The summed E-state index contributed by atoms with van der Waals surface area (Å²) >= 11 is 0.923. The second kappa shape index (κ2) is 5.38. The van der Waals surface area contributed by atoms with Crippen molar-refractivity contribution in [3.05, 3.63) is 35.2 Å². The van der Waals surface area contributed by atoms with Crippen molar-refractivity contribution < 1.29 is 23.1 Å². The number of carboxylic acids is 1. The minimum absolute atomic E-state index is 0.0179. The molecule has 9 heteroatoms. The highest BCUT2D eigenvalue weighted by molar-refractivity contribution is 7.94. The number of hydrogen-bond donors (Lipinski definition) is 1. The first-order valence-corrected chi connectivity index (χ1v) is 9.66. The highest BCUT2D eigenvalue weighted by atomic mass is 32.2. The molecule has 1 aromatic carbocycles. The average molecular weight is 366 g/mol. The summed E-state index contributed by atoms with van der Waals surface area (Å²) < 4.78 is 33.0. The summed E-state index contributed by atoms with van der Waals surface area (Å²) in [5.74, 6) is -0.459. The molecule has 0 spiro atoms. The molecule has 2 aromatic rings. The van der Waals surface area contributed by atoms with E-state index in [-0.39, 0.29) is 9.77 Å². The second-order valence-corrected chi connectivity index (χ2v) is 8.50. The molecule has 2 aliphatic rings. The van der Waals surface area contributed by atoms with E-state index < -0.39 is 16.0 Å². The van der Waals surface area contributed by atoms with Crippen LogP contribution in [0.15, 0.2) is 33.9 Å². The van der Waals surface area contributed by atoms with Crippen LogP contribution in [0.3, 0.4) is 0 Å². The molecule has 126 valence electrons. The maximum atomic E-state index is 13.0. The van der Waals surface area contributed by atoms with Crippen LogP contribution in [-0.2, 0) is 10.0 Å². The zero-order valence-electron chi connectivity index (χ0n) is 12.5. The lowest BCUT2D eigenvalue weighted by Crippen LogP contribution is -2.46. The molecule has 1 N–H and O–H groups in total. The fraction of sp³-hybridized carbons (Fsp3) is 0.267. The Balaban J connectivity index is 1.80. The molecule has 2 aliphatic heterocycles. The van der Waals surface area contributed by atoms with Gasteiger partial charge in [-0.1, -0.05) is 6.07 Å². The van der Waals surface area contributed by atoms with E-state index in [0.717, 1.165) is 23.6 Å². The maximum absolute atomic E-state index is 13.0. The van der Waals surface area contributed by atoms with Gasteiger partial charge in [0.25, 0.3) is 10.0 Å². The number of nitrogens with zero attached hydrogens (tertiary/aromatic N) is 2. The number of carbonyl (C=O) groups is 1. The molecular weight excluding hydrogens is 352 g/mol. The van der Waals surface area contributed by atoms with Gasteiger partial charge >= 0.3 is 5.97 Å².